The van der Waals surface area contributed by atoms with Crippen LogP contribution >= 0.6 is 0 Å². The van der Waals surface area contributed by atoms with E-state index in [9.17, 15) is 13.8 Å². The number of carbonyl (C=O) groups excluding carboxylic acids is 1. The summed E-state index contributed by atoms with van der Waals surface area (Å²) in [4.78, 5) is 21.9. The highest BCUT2D eigenvalue weighted by molar-refractivity contribution is 7.85. The number of amides is 1. The number of carboxylic acids is 1. The molecule has 1 fully saturated rings. The van der Waals surface area contributed by atoms with Crippen LogP contribution in [0.2, 0.25) is 0 Å². The van der Waals surface area contributed by atoms with Gasteiger partial charge in [-0.15, -0.1) is 0 Å². The van der Waals surface area contributed by atoms with Crippen molar-refractivity contribution in [3.63, 3.8) is 0 Å². The second kappa shape index (κ2) is 7.62. The number of nitrogens with one attached hydrogen (secondary N) is 1. The third-order valence-corrected chi connectivity index (χ3v) is 5.63. The van der Waals surface area contributed by atoms with Gasteiger partial charge in [0, 0.05) is 23.0 Å². The maximum Gasteiger partial charge on any atom is 0.327 e. The van der Waals surface area contributed by atoms with E-state index in [0.717, 1.165) is 38.0 Å². The van der Waals surface area contributed by atoms with Crippen LogP contribution in [0, 0.1) is 5.92 Å². The zero-order chi connectivity index (χ0) is 14.4. The number of carbonyl (C=O) groups is 2. The zero-order valence-electron chi connectivity index (χ0n) is 11.6. The van der Waals surface area contributed by atoms with Gasteiger partial charge in [-0.05, 0) is 31.6 Å². The molecule has 1 aliphatic rings. The van der Waals surface area contributed by atoms with Gasteiger partial charge in [0.05, 0.1) is 5.75 Å². The molecule has 19 heavy (non-hydrogen) atoms. The van der Waals surface area contributed by atoms with E-state index in [1.807, 2.05) is 0 Å². The molecular formula is C13H23NO4S. The second-order valence-electron chi connectivity index (χ2n) is 5.19. The van der Waals surface area contributed by atoms with E-state index in [-0.39, 0.29) is 11.0 Å². The van der Waals surface area contributed by atoms with Gasteiger partial charge in [0.2, 0.25) is 5.91 Å². The summed E-state index contributed by atoms with van der Waals surface area (Å²) >= 11 is 0. The van der Waals surface area contributed by atoms with Crippen molar-refractivity contribution in [3.05, 3.63) is 0 Å². The van der Waals surface area contributed by atoms with Crippen molar-refractivity contribution >= 4 is 22.7 Å². The van der Waals surface area contributed by atoms with E-state index in [1.165, 1.54) is 6.92 Å². The Kier molecular flexibility index (Phi) is 6.48. The standard InChI is InChI=1S/C13H23NO4S/c1-3-10-4-6-11(7-5-10)19(18)8-12(13(16)17)14-9(2)15/h10-12H,3-8H2,1-2H3,(H,14,15)(H,16,17). The van der Waals surface area contributed by atoms with Crippen molar-refractivity contribution in [3.8, 4) is 0 Å². The lowest BCUT2D eigenvalue weighted by atomic mass is 9.87. The molecule has 0 aromatic rings. The molecule has 1 rings (SSSR count). The fourth-order valence-corrected chi connectivity index (χ4v) is 4.15. The van der Waals surface area contributed by atoms with Crippen LogP contribution in [0.15, 0.2) is 0 Å². The topological polar surface area (TPSA) is 83.5 Å². The highest BCUT2D eigenvalue weighted by atomic mass is 32.2. The highest BCUT2D eigenvalue weighted by Gasteiger charge is 2.28. The highest BCUT2D eigenvalue weighted by Crippen LogP contribution is 2.29. The molecule has 6 heteroatoms. The molecule has 0 heterocycles. The Hall–Kier alpha value is -0.910. The van der Waals surface area contributed by atoms with E-state index in [1.54, 1.807) is 0 Å². The summed E-state index contributed by atoms with van der Waals surface area (Å²) in [7, 11) is -1.19. The average Bonchev–Trinajstić information content (AvgIpc) is 2.37. The van der Waals surface area contributed by atoms with Crippen molar-refractivity contribution < 1.29 is 18.9 Å². The summed E-state index contributed by atoms with van der Waals surface area (Å²) in [6.07, 6.45) is 5.10. The van der Waals surface area contributed by atoms with Crippen molar-refractivity contribution in [2.24, 2.45) is 5.92 Å². The average molecular weight is 289 g/mol. The molecule has 110 valence electrons. The molecule has 0 bridgehead atoms. The van der Waals surface area contributed by atoms with E-state index < -0.39 is 28.7 Å². The van der Waals surface area contributed by atoms with Crippen LogP contribution in [-0.2, 0) is 20.4 Å². The van der Waals surface area contributed by atoms with Gasteiger partial charge >= 0.3 is 5.97 Å². The smallest absolute Gasteiger partial charge is 0.327 e. The summed E-state index contributed by atoms with van der Waals surface area (Å²) in [5, 5.41) is 11.4. The summed E-state index contributed by atoms with van der Waals surface area (Å²) in [5.41, 5.74) is 0. The predicted molar refractivity (Wildman–Crippen MR) is 74.3 cm³/mol. The van der Waals surface area contributed by atoms with E-state index in [4.69, 9.17) is 5.11 Å². The van der Waals surface area contributed by atoms with Gasteiger partial charge in [-0.25, -0.2) is 4.79 Å². The van der Waals surface area contributed by atoms with Gasteiger partial charge in [-0.2, -0.15) is 0 Å². The van der Waals surface area contributed by atoms with Gasteiger partial charge in [0.1, 0.15) is 6.04 Å². The van der Waals surface area contributed by atoms with Crippen LogP contribution < -0.4 is 5.32 Å². The van der Waals surface area contributed by atoms with Crippen molar-refractivity contribution in [1.82, 2.24) is 5.32 Å². The Morgan fingerprint density at radius 1 is 1.32 bits per heavy atom. The number of carboxylic acid groups (broad SMARTS) is 1. The first-order valence-corrected chi connectivity index (χ1v) is 8.19. The molecule has 1 saturated carbocycles. The first-order chi connectivity index (χ1) is 8.93. The lowest BCUT2D eigenvalue weighted by Gasteiger charge is -2.28. The largest absolute Gasteiger partial charge is 0.480 e. The molecule has 0 radical (unpaired) electrons. The number of aliphatic carboxylic acids is 1. The van der Waals surface area contributed by atoms with E-state index in [2.05, 4.69) is 12.2 Å². The molecule has 1 aliphatic carbocycles. The number of hydrogen-bond donors (Lipinski definition) is 2. The van der Waals surface area contributed by atoms with Crippen molar-refractivity contribution in [2.75, 3.05) is 5.75 Å². The van der Waals surface area contributed by atoms with Crippen LogP contribution in [0.4, 0.5) is 0 Å². The Bertz CT molecular complexity index is 351. The van der Waals surface area contributed by atoms with Crippen LogP contribution in [0.3, 0.4) is 0 Å². The van der Waals surface area contributed by atoms with Crippen molar-refractivity contribution in [1.29, 1.82) is 0 Å². The minimum absolute atomic E-state index is 0.0103. The summed E-state index contributed by atoms with van der Waals surface area (Å²) in [6, 6.07) is -1.04. The quantitative estimate of drug-likeness (QED) is 0.772. The fourth-order valence-electron chi connectivity index (χ4n) is 2.52. The minimum Gasteiger partial charge on any atom is -0.480 e. The predicted octanol–water partition coefficient (Wildman–Crippen LogP) is 1.29. The van der Waals surface area contributed by atoms with Gasteiger partial charge in [0.25, 0.3) is 0 Å². The van der Waals surface area contributed by atoms with E-state index >= 15 is 0 Å². The van der Waals surface area contributed by atoms with Crippen molar-refractivity contribution in [2.45, 2.75) is 57.2 Å². The Morgan fingerprint density at radius 3 is 2.32 bits per heavy atom. The Morgan fingerprint density at radius 2 is 1.89 bits per heavy atom. The molecule has 2 atom stereocenters. The normalized spacial score (nSPS) is 26.4. The molecule has 0 aromatic heterocycles. The molecule has 2 unspecified atom stereocenters. The van der Waals surface area contributed by atoms with Gasteiger partial charge in [-0.3, -0.25) is 9.00 Å². The van der Waals surface area contributed by atoms with Gasteiger partial charge < -0.3 is 10.4 Å². The molecule has 0 aliphatic heterocycles. The SMILES string of the molecule is CCC1CCC(S(=O)CC(NC(C)=O)C(=O)O)CC1. The third-order valence-electron chi connectivity index (χ3n) is 3.75. The van der Waals surface area contributed by atoms with Gasteiger partial charge in [-0.1, -0.05) is 13.3 Å². The monoisotopic (exact) mass is 289 g/mol. The molecule has 5 nitrogen and oxygen atoms in total. The first kappa shape index (κ1) is 16.1. The molecule has 2 N–H and O–H groups in total. The second-order valence-corrected chi connectivity index (χ2v) is 6.95. The summed E-state index contributed by atoms with van der Waals surface area (Å²) in [5.74, 6) is -0.792. The first-order valence-electron chi connectivity index (χ1n) is 6.81. The molecule has 0 spiro atoms. The maximum atomic E-state index is 12.2. The Balaban J connectivity index is 2.48. The number of hydrogen-bond acceptors (Lipinski definition) is 3. The number of rotatable bonds is 6. The lowest BCUT2D eigenvalue weighted by Crippen LogP contribution is -2.45. The third kappa shape index (κ3) is 5.30. The molecule has 0 saturated heterocycles. The maximum absolute atomic E-state index is 12.2. The minimum atomic E-state index is -1.19. The lowest BCUT2D eigenvalue weighted by molar-refractivity contribution is -0.140. The summed E-state index contributed by atoms with van der Waals surface area (Å²) < 4.78 is 12.2. The Labute approximate surface area is 116 Å². The summed E-state index contributed by atoms with van der Waals surface area (Å²) in [6.45, 7) is 3.44. The molecular weight excluding hydrogens is 266 g/mol. The fraction of sp³-hybridized carbons (Fsp3) is 0.846. The van der Waals surface area contributed by atoms with Crippen LogP contribution in [0.25, 0.3) is 0 Å². The molecule has 1 amide bonds. The van der Waals surface area contributed by atoms with Gasteiger partial charge in [0.15, 0.2) is 0 Å². The molecule has 0 aromatic carbocycles. The van der Waals surface area contributed by atoms with Crippen LogP contribution in [0.1, 0.15) is 46.0 Å². The zero-order valence-corrected chi connectivity index (χ0v) is 12.4. The van der Waals surface area contributed by atoms with E-state index in [0.29, 0.717) is 0 Å². The van der Waals surface area contributed by atoms with Crippen LogP contribution in [-0.4, -0.2) is 38.2 Å². The van der Waals surface area contributed by atoms with Crippen LogP contribution in [0.5, 0.6) is 0 Å².